The summed E-state index contributed by atoms with van der Waals surface area (Å²) in [4.78, 5) is 38.5. The van der Waals surface area contributed by atoms with Gasteiger partial charge in [0.05, 0.1) is 12.1 Å². The minimum atomic E-state index is -0.913. The van der Waals surface area contributed by atoms with Gasteiger partial charge in [0.15, 0.2) is 0 Å². The summed E-state index contributed by atoms with van der Waals surface area (Å²) in [5.41, 5.74) is 8.98. The summed E-state index contributed by atoms with van der Waals surface area (Å²) >= 11 is 0. The van der Waals surface area contributed by atoms with Gasteiger partial charge in [-0.15, -0.1) is 0 Å². The molecule has 1 aliphatic heterocycles. The molecule has 0 aliphatic carbocycles. The zero-order valence-corrected chi connectivity index (χ0v) is 20.4. The number of carbonyl (C=O) groups is 3. The SMILES string of the molecule is Cc1ccc(C(C)C)c(OCc2ccc(C(=O)NN[C@H]3CC(=O)N(c4ccc(F)cc4)C3=O)cc2)c1. The van der Waals surface area contributed by atoms with E-state index in [1.807, 2.05) is 13.0 Å². The van der Waals surface area contributed by atoms with Crippen molar-refractivity contribution < 1.29 is 23.5 Å². The number of nitrogens with one attached hydrogen (secondary N) is 2. The van der Waals surface area contributed by atoms with E-state index in [0.29, 0.717) is 18.1 Å². The number of hydrazine groups is 1. The number of carbonyl (C=O) groups excluding carboxylic acids is 3. The smallest absolute Gasteiger partial charge is 0.265 e. The van der Waals surface area contributed by atoms with Crippen LogP contribution in [-0.2, 0) is 16.2 Å². The van der Waals surface area contributed by atoms with Crippen LogP contribution in [0.1, 0.15) is 53.2 Å². The third-order valence-electron chi connectivity index (χ3n) is 5.99. The fraction of sp³-hybridized carbons (Fsp3) is 0.250. The molecular weight excluding hydrogens is 461 g/mol. The Labute approximate surface area is 209 Å². The van der Waals surface area contributed by atoms with Gasteiger partial charge in [0, 0.05) is 5.56 Å². The van der Waals surface area contributed by atoms with E-state index in [4.69, 9.17) is 4.74 Å². The summed E-state index contributed by atoms with van der Waals surface area (Å²) in [5, 5.41) is 0. The van der Waals surface area contributed by atoms with Crippen LogP contribution in [0, 0.1) is 12.7 Å². The summed E-state index contributed by atoms with van der Waals surface area (Å²) in [6, 6.07) is 17.3. The van der Waals surface area contributed by atoms with Crippen LogP contribution in [0.4, 0.5) is 10.1 Å². The molecule has 186 valence electrons. The lowest BCUT2D eigenvalue weighted by Crippen LogP contribution is -2.48. The molecular formula is C28H28FN3O4. The zero-order chi connectivity index (χ0) is 25.8. The topological polar surface area (TPSA) is 87.7 Å². The van der Waals surface area contributed by atoms with E-state index in [1.165, 1.54) is 24.3 Å². The highest BCUT2D eigenvalue weighted by atomic mass is 19.1. The number of hydrogen-bond donors (Lipinski definition) is 2. The molecule has 4 rings (SSSR count). The van der Waals surface area contributed by atoms with Crippen LogP contribution in [0.15, 0.2) is 66.7 Å². The van der Waals surface area contributed by atoms with Crippen LogP contribution in [0.25, 0.3) is 0 Å². The first-order valence-electron chi connectivity index (χ1n) is 11.7. The summed E-state index contributed by atoms with van der Waals surface area (Å²) in [6.07, 6.45) is -0.121. The number of imide groups is 1. The highest BCUT2D eigenvalue weighted by Crippen LogP contribution is 2.28. The number of nitrogens with zero attached hydrogens (tertiary/aromatic N) is 1. The van der Waals surface area contributed by atoms with E-state index in [0.717, 1.165) is 27.3 Å². The molecule has 3 aromatic carbocycles. The Kier molecular flexibility index (Phi) is 7.45. The standard InChI is InChI=1S/C28H28FN3O4/c1-17(2)23-13-4-18(3)14-25(23)36-16-19-5-7-20(8-6-19)27(34)31-30-24-15-26(33)32(28(24)35)22-11-9-21(29)10-12-22/h4-14,17,24,30H,15-16H2,1-3H3,(H,31,34)/t24-/m0/s1. The lowest BCUT2D eigenvalue weighted by Gasteiger charge is -2.16. The Morgan fingerprint density at radius 3 is 2.42 bits per heavy atom. The van der Waals surface area contributed by atoms with E-state index >= 15 is 0 Å². The number of hydrogen-bond acceptors (Lipinski definition) is 5. The van der Waals surface area contributed by atoms with Gasteiger partial charge in [-0.1, -0.05) is 38.1 Å². The van der Waals surface area contributed by atoms with Crippen molar-refractivity contribution in [1.82, 2.24) is 10.9 Å². The van der Waals surface area contributed by atoms with Crippen LogP contribution < -0.4 is 20.5 Å². The quantitative estimate of drug-likeness (QED) is 0.362. The number of amides is 3. The molecule has 2 N–H and O–H groups in total. The number of anilines is 1. The minimum absolute atomic E-state index is 0.121. The molecule has 0 spiro atoms. The molecule has 1 atom stereocenters. The molecule has 8 heteroatoms. The first-order valence-corrected chi connectivity index (χ1v) is 11.7. The molecule has 3 aromatic rings. The van der Waals surface area contributed by atoms with E-state index in [2.05, 4.69) is 36.8 Å². The van der Waals surface area contributed by atoms with E-state index < -0.39 is 29.6 Å². The summed E-state index contributed by atoms with van der Waals surface area (Å²) in [5.74, 6) is -0.671. The van der Waals surface area contributed by atoms with Crippen molar-refractivity contribution in [1.29, 1.82) is 0 Å². The second kappa shape index (κ2) is 10.7. The maximum Gasteiger partial charge on any atom is 0.265 e. The van der Waals surface area contributed by atoms with E-state index in [9.17, 15) is 18.8 Å². The normalized spacial score (nSPS) is 15.5. The Morgan fingerprint density at radius 2 is 1.75 bits per heavy atom. The van der Waals surface area contributed by atoms with Crippen molar-refractivity contribution in [2.24, 2.45) is 0 Å². The third-order valence-corrected chi connectivity index (χ3v) is 5.99. The molecule has 3 amide bonds. The molecule has 1 fully saturated rings. The predicted octanol–water partition coefficient (Wildman–Crippen LogP) is 4.40. The highest BCUT2D eigenvalue weighted by Gasteiger charge is 2.39. The average molecular weight is 490 g/mol. The summed E-state index contributed by atoms with van der Waals surface area (Å²) < 4.78 is 19.2. The van der Waals surface area contributed by atoms with Gasteiger partial charge >= 0.3 is 0 Å². The fourth-order valence-corrected chi connectivity index (χ4v) is 3.99. The van der Waals surface area contributed by atoms with Gasteiger partial charge < -0.3 is 4.74 Å². The highest BCUT2D eigenvalue weighted by molar-refractivity contribution is 6.22. The second-order valence-corrected chi connectivity index (χ2v) is 9.08. The molecule has 0 aromatic heterocycles. The molecule has 0 unspecified atom stereocenters. The number of halogens is 1. The molecule has 1 heterocycles. The van der Waals surface area contributed by atoms with Crippen molar-refractivity contribution in [2.75, 3.05) is 4.90 Å². The Morgan fingerprint density at radius 1 is 1.06 bits per heavy atom. The number of benzene rings is 3. The molecule has 0 bridgehead atoms. The largest absolute Gasteiger partial charge is 0.489 e. The first-order chi connectivity index (χ1) is 17.2. The number of rotatable bonds is 8. The Hall–Kier alpha value is -4.04. The van der Waals surface area contributed by atoms with Crippen molar-refractivity contribution in [3.63, 3.8) is 0 Å². The van der Waals surface area contributed by atoms with Gasteiger partial charge in [0.2, 0.25) is 5.91 Å². The predicted molar refractivity (Wildman–Crippen MR) is 134 cm³/mol. The van der Waals surface area contributed by atoms with E-state index in [-0.39, 0.29) is 12.1 Å². The van der Waals surface area contributed by atoms with Crippen LogP contribution in [0.3, 0.4) is 0 Å². The monoisotopic (exact) mass is 489 g/mol. The number of aryl methyl sites for hydroxylation is 1. The molecule has 1 aliphatic rings. The fourth-order valence-electron chi connectivity index (χ4n) is 3.99. The van der Waals surface area contributed by atoms with Gasteiger partial charge in [0.1, 0.15) is 24.2 Å². The van der Waals surface area contributed by atoms with Gasteiger partial charge in [0.25, 0.3) is 11.8 Å². The summed E-state index contributed by atoms with van der Waals surface area (Å²) in [6.45, 7) is 6.62. The van der Waals surface area contributed by atoms with Crippen LogP contribution in [0.2, 0.25) is 0 Å². The van der Waals surface area contributed by atoms with Crippen LogP contribution in [-0.4, -0.2) is 23.8 Å². The van der Waals surface area contributed by atoms with Crippen molar-refractivity contribution in [2.45, 2.75) is 45.8 Å². The molecule has 36 heavy (non-hydrogen) atoms. The average Bonchev–Trinajstić information content (AvgIpc) is 3.14. The van der Waals surface area contributed by atoms with Gasteiger partial charge in [-0.3, -0.25) is 19.8 Å². The lowest BCUT2D eigenvalue weighted by atomic mass is 10.0. The third kappa shape index (κ3) is 5.60. The molecule has 0 saturated carbocycles. The van der Waals surface area contributed by atoms with Gasteiger partial charge in [-0.2, -0.15) is 0 Å². The van der Waals surface area contributed by atoms with Crippen molar-refractivity contribution in [3.05, 3.63) is 94.8 Å². The molecule has 1 saturated heterocycles. The van der Waals surface area contributed by atoms with Crippen LogP contribution in [0.5, 0.6) is 5.75 Å². The molecule has 7 nitrogen and oxygen atoms in total. The van der Waals surface area contributed by atoms with E-state index in [1.54, 1.807) is 24.3 Å². The Balaban J connectivity index is 1.32. The van der Waals surface area contributed by atoms with Crippen molar-refractivity contribution in [3.8, 4) is 5.75 Å². The minimum Gasteiger partial charge on any atom is -0.489 e. The van der Waals surface area contributed by atoms with Crippen LogP contribution >= 0.6 is 0 Å². The number of ether oxygens (including phenoxy) is 1. The second-order valence-electron chi connectivity index (χ2n) is 9.08. The Bertz CT molecular complexity index is 1270. The first kappa shape index (κ1) is 25.1. The maximum absolute atomic E-state index is 13.2. The molecule has 0 radical (unpaired) electrons. The van der Waals surface area contributed by atoms with Gasteiger partial charge in [-0.05, 0) is 72.0 Å². The zero-order valence-electron chi connectivity index (χ0n) is 20.4. The summed E-state index contributed by atoms with van der Waals surface area (Å²) in [7, 11) is 0. The van der Waals surface area contributed by atoms with Gasteiger partial charge in [-0.25, -0.2) is 14.7 Å². The maximum atomic E-state index is 13.2. The van der Waals surface area contributed by atoms with Crippen molar-refractivity contribution >= 4 is 23.4 Å². The lowest BCUT2D eigenvalue weighted by molar-refractivity contribution is -0.121.